The maximum absolute atomic E-state index is 10.8. The minimum atomic E-state index is -0.430. The van der Waals surface area contributed by atoms with E-state index in [1.165, 1.54) is 12.1 Å². The number of hydrogen-bond acceptors (Lipinski definition) is 5. The Balaban J connectivity index is 2.08. The van der Waals surface area contributed by atoms with Gasteiger partial charge >= 0.3 is 0 Å². The van der Waals surface area contributed by atoms with Gasteiger partial charge in [-0.2, -0.15) is 0 Å². The van der Waals surface area contributed by atoms with Crippen molar-refractivity contribution in [3.05, 3.63) is 68.8 Å². The molecule has 25 heavy (non-hydrogen) atoms. The summed E-state index contributed by atoms with van der Waals surface area (Å²) in [7, 11) is 1.66. The first-order valence-electron chi connectivity index (χ1n) is 7.99. The molecule has 2 rings (SSSR count). The van der Waals surface area contributed by atoms with Crippen molar-refractivity contribution in [2.45, 2.75) is 33.3 Å². The number of aryl methyl sites for hydroxylation is 1. The topological polar surface area (TPSA) is 74.0 Å². The molecular formula is C19H22N2O4. The molecule has 0 aromatic heterocycles. The number of benzene rings is 2. The van der Waals surface area contributed by atoms with Crippen LogP contribution in [-0.4, -0.2) is 18.2 Å². The van der Waals surface area contributed by atoms with Gasteiger partial charge in [-0.1, -0.05) is 31.1 Å². The normalized spacial score (nSPS) is 11.1. The molecule has 6 nitrogen and oxygen atoms in total. The number of ether oxygens (including phenoxy) is 1. The van der Waals surface area contributed by atoms with Crippen molar-refractivity contribution in [2.75, 3.05) is 7.11 Å². The van der Waals surface area contributed by atoms with Crippen molar-refractivity contribution in [2.24, 2.45) is 5.16 Å². The minimum Gasteiger partial charge on any atom is -0.496 e. The standard InChI is InChI=1S/C19H22N2O4/c1-13(2)18-10-16(14(3)8-19(18)24-4)11-20-25-12-15-6-5-7-17(9-15)21(22)23/h5-11,13H,12H2,1-4H3/b20-11-. The van der Waals surface area contributed by atoms with Crippen molar-refractivity contribution in [1.82, 2.24) is 0 Å². The zero-order chi connectivity index (χ0) is 18.4. The third kappa shape index (κ3) is 4.79. The fourth-order valence-corrected chi connectivity index (χ4v) is 2.45. The molecular weight excluding hydrogens is 320 g/mol. The highest BCUT2D eigenvalue weighted by molar-refractivity contribution is 5.82. The quantitative estimate of drug-likeness (QED) is 0.419. The fourth-order valence-electron chi connectivity index (χ4n) is 2.45. The number of nitro benzene ring substituents is 1. The highest BCUT2D eigenvalue weighted by Crippen LogP contribution is 2.29. The third-order valence-corrected chi connectivity index (χ3v) is 3.86. The van der Waals surface area contributed by atoms with E-state index < -0.39 is 4.92 Å². The zero-order valence-corrected chi connectivity index (χ0v) is 14.9. The molecule has 0 aliphatic rings. The van der Waals surface area contributed by atoms with Crippen molar-refractivity contribution >= 4 is 11.9 Å². The molecule has 0 saturated heterocycles. The van der Waals surface area contributed by atoms with Crippen LogP contribution in [0.3, 0.4) is 0 Å². The summed E-state index contributed by atoms with van der Waals surface area (Å²) in [5, 5.41) is 14.8. The van der Waals surface area contributed by atoms with Gasteiger partial charge in [0.25, 0.3) is 5.69 Å². The van der Waals surface area contributed by atoms with E-state index in [-0.39, 0.29) is 12.3 Å². The lowest BCUT2D eigenvalue weighted by atomic mass is 9.97. The molecule has 0 heterocycles. The Morgan fingerprint density at radius 2 is 2.04 bits per heavy atom. The van der Waals surface area contributed by atoms with Crippen LogP contribution in [0.2, 0.25) is 0 Å². The average Bonchev–Trinajstić information content (AvgIpc) is 2.59. The summed E-state index contributed by atoms with van der Waals surface area (Å²) < 4.78 is 5.43. The van der Waals surface area contributed by atoms with Crippen LogP contribution in [0, 0.1) is 17.0 Å². The number of nitro groups is 1. The van der Waals surface area contributed by atoms with E-state index in [2.05, 4.69) is 19.0 Å². The average molecular weight is 342 g/mol. The zero-order valence-electron chi connectivity index (χ0n) is 14.9. The van der Waals surface area contributed by atoms with Crippen LogP contribution in [-0.2, 0) is 11.4 Å². The molecule has 132 valence electrons. The van der Waals surface area contributed by atoms with Crippen LogP contribution in [0.15, 0.2) is 41.6 Å². The van der Waals surface area contributed by atoms with E-state index in [4.69, 9.17) is 9.57 Å². The van der Waals surface area contributed by atoms with E-state index in [1.54, 1.807) is 25.5 Å². The van der Waals surface area contributed by atoms with Crippen LogP contribution in [0.25, 0.3) is 0 Å². The molecule has 0 radical (unpaired) electrons. The monoisotopic (exact) mass is 342 g/mol. The Hall–Kier alpha value is -2.89. The highest BCUT2D eigenvalue weighted by Gasteiger charge is 2.10. The van der Waals surface area contributed by atoms with Crippen LogP contribution in [0.5, 0.6) is 5.75 Å². The SMILES string of the molecule is COc1cc(C)c(/C=N\OCc2cccc([N+](=O)[O-])c2)cc1C(C)C. The molecule has 2 aromatic rings. The van der Waals surface area contributed by atoms with Crippen LogP contribution in [0.1, 0.15) is 42.0 Å². The third-order valence-electron chi connectivity index (χ3n) is 3.86. The number of hydrogen-bond donors (Lipinski definition) is 0. The second kappa shape index (κ2) is 8.28. The van der Waals surface area contributed by atoms with Crippen molar-refractivity contribution in [3.63, 3.8) is 0 Å². The van der Waals surface area contributed by atoms with Gasteiger partial charge in [0.2, 0.25) is 0 Å². The summed E-state index contributed by atoms with van der Waals surface area (Å²) in [6.07, 6.45) is 1.65. The van der Waals surface area contributed by atoms with E-state index >= 15 is 0 Å². The summed E-state index contributed by atoms with van der Waals surface area (Å²) in [5.41, 5.74) is 3.82. The predicted octanol–water partition coefficient (Wildman–Crippen LogP) is 4.59. The van der Waals surface area contributed by atoms with Gasteiger partial charge in [-0.05, 0) is 47.2 Å². The Kier molecular flexibility index (Phi) is 6.11. The second-order valence-electron chi connectivity index (χ2n) is 6.04. The largest absolute Gasteiger partial charge is 0.496 e. The number of methoxy groups -OCH3 is 1. The molecule has 6 heteroatoms. The Morgan fingerprint density at radius 1 is 1.28 bits per heavy atom. The Bertz CT molecular complexity index is 785. The molecule has 0 N–H and O–H groups in total. The smallest absolute Gasteiger partial charge is 0.269 e. The van der Waals surface area contributed by atoms with Crippen molar-refractivity contribution in [1.29, 1.82) is 0 Å². The number of rotatable bonds is 7. The molecule has 0 aliphatic carbocycles. The first-order valence-corrected chi connectivity index (χ1v) is 7.99. The lowest BCUT2D eigenvalue weighted by molar-refractivity contribution is -0.384. The molecule has 0 unspecified atom stereocenters. The van der Waals surface area contributed by atoms with E-state index in [0.717, 1.165) is 22.4 Å². The van der Waals surface area contributed by atoms with Gasteiger partial charge < -0.3 is 9.57 Å². The highest BCUT2D eigenvalue weighted by atomic mass is 16.6. The molecule has 0 saturated carbocycles. The van der Waals surface area contributed by atoms with Crippen LogP contribution in [0.4, 0.5) is 5.69 Å². The molecule has 0 spiro atoms. The molecule has 0 atom stereocenters. The lowest BCUT2D eigenvalue weighted by Gasteiger charge is -2.14. The number of non-ortho nitro benzene ring substituents is 1. The second-order valence-corrected chi connectivity index (χ2v) is 6.04. The molecule has 0 bridgehead atoms. The van der Waals surface area contributed by atoms with Gasteiger partial charge in [-0.3, -0.25) is 10.1 Å². The molecule has 0 aliphatic heterocycles. The van der Waals surface area contributed by atoms with Crippen LogP contribution >= 0.6 is 0 Å². The molecule has 0 amide bonds. The number of oxime groups is 1. The Labute approximate surface area is 147 Å². The van der Waals surface area contributed by atoms with Gasteiger partial charge in [0.1, 0.15) is 12.4 Å². The minimum absolute atomic E-state index is 0.0395. The summed E-state index contributed by atoms with van der Waals surface area (Å²) in [5.74, 6) is 1.19. The van der Waals surface area contributed by atoms with Gasteiger partial charge in [-0.15, -0.1) is 0 Å². The van der Waals surface area contributed by atoms with E-state index in [0.29, 0.717) is 11.5 Å². The van der Waals surface area contributed by atoms with Gasteiger partial charge in [-0.25, -0.2) is 0 Å². The summed E-state index contributed by atoms with van der Waals surface area (Å²) >= 11 is 0. The summed E-state index contributed by atoms with van der Waals surface area (Å²) in [6.45, 7) is 6.36. The maximum Gasteiger partial charge on any atom is 0.269 e. The first kappa shape index (κ1) is 18.4. The lowest BCUT2D eigenvalue weighted by Crippen LogP contribution is -1.99. The van der Waals surface area contributed by atoms with E-state index in [9.17, 15) is 10.1 Å². The Morgan fingerprint density at radius 3 is 2.68 bits per heavy atom. The summed E-state index contributed by atoms with van der Waals surface area (Å²) in [6, 6.07) is 10.3. The number of nitrogens with zero attached hydrogens (tertiary/aromatic N) is 2. The first-order chi connectivity index (χ1) is 11.9. The van der Waals surface area contributed by atoms with Gasteiger partial charge in [0.15, 0.2) is 0 Å². The van der Waals surface area contributed by atoms with Gasteiger partial charge in [0.05, 0.1) is 18.2 Å². The van der Waals surface area contributed by atoms with Crippen molar-refractivity contribution in [3.8, 4) is 5.75 Å². The molecule has 2 aromatic carbocycles. The molecule has 0 fully saturated rings. The maximum atomic E-state index is 10.8. The predicted molar refractivity (Wildman–Crippen MR) is 97.3 cm³/mol. The van der Waals surface area contributed by atoms with E-state index in [1.807, 2.05) is 19.1 Å². The van der Waals surface area contributed by atoms with Crippen LogP contribution < -0.4 is 4.74 Å². The van der Waals surface area contributed by atoms with Crippen molar-refractivity contribution < 1.29 is 14.5 Å². The summed E-state index contributed by atoms with van der Waals surface area (Å²) in [4.78, 5) is 15.6. The fraction of sp³-hybridized carbons (Fsp3) is 0.316. The van der Waals surface area contributed by atoms with Gasteiger partial charge in [0, 0.05) is 12.1 Å².